The van der Waals surface area contributed by atoms with Crippen molar-refractivity contribution in [1.82, 2.24) is 4.90 Å². The summed E-state index contributed by atoms with van der Waals surface area (Å²) in [5.41, 5.74) is 1.54. The number of para-hydroxylation sites is 2. The number of benzene rings is 1. The van der Waals surface area contributed by atoms with Crippen LogP contribution in [-0.2, 0) is 9.59 Å². The first-order chi connectivity index (χ1) is 11.1. The van der Waals surface area contributed by atoms with Gasteiger partial charge in [0.25, 0.3) is 0 Å². The molecule has 23 heavy (non-hydrogen) atoms. The fourth-order valence-electron chi connectivity index (χ4n) is 3.53. The van der Waals surface area contributed by atoms with E-state index in [0.29, 0.717) is 13.0 Å². The van der Waals surface area contributed by atoms with Crippen LogP contribution in [0.15, 0.2) is 24.3 Å². The van der Waals surface area contributed by atoms with Gasteiger partial charge in [0.2, 0.25) is 11.8 Å². The first-order valence-corrected chi connectivity index (χ1v) is 8.58. The smallest absolute Gasteiger partial charge is 0.241 e. The lowest BCUT2D eigenvalue weighted by molar-refractivity contribution is -0.120. The zero-order valence-corrected chi connectivity index (χ0v) is 13.8. The Bertz CT molecular complexity index is 579. The van der Waals surface area contributed by atoms with E-state index in [1.807, 2.05) is 31.2 Å². The Hall–Kier alpha value is -1.88. The van der Waals surface area contributed by atoms with Crippen LogP contribution in [0.1, 0.15) is 39.0 Å². The molecule has 0 bridgehead atoms. The Morgan fingerprint density at radius 3 is 2.61 bits per heavy atom. The van der Waals surface area contributed by atoms with Crippen molar-refractivity contribution in [3.63, 3.8) is 0 Å². The molecule has 0 spiro atoms. The molecule has 5 nitrogen and oxygen atoms in total. The maximum atomic E-state index is 13.0. The minimum atomic E-state index is -0.127. The molecule has 1 atom stereocenters. The van der Waals surface area contributed by atoms with E-state index in [0.717, 1.165) is 24.5 Å². The highest BCUT2D eigenvalue weighted by atomic mass is 16.2. The van der Waals surface area contributed by atoms with E-state index in [9.17, 15) is 9.59 Å². The zero-order valence-electron chi connectivity index (χ0n) is 13.8. The standard InChI is InChI=1S/C18H25N3O2/c1-14-12-17(22)19-15-8-4-5-9-16(15)21(14)18(23)13-20-10-6-2-3-7-11-20/h4-5,8-9,14H,2-3,6-7,10-13H2,1H3,(H,19,22)/t14-/m1/s1. The average Bonchev–Trinajstić information content (AvgIpc) is 2.83. The van der Waals surface area contributed by atoms with Gasteiger partial charge in [0.1, 0.15) is 0 Å². The molecule has 3 rings (SSSR count). The summed E-state index contributed by atoms with van der Waals surface area (Å²) in [5.74, 6) is 0.0540. The number of likely N-dealkylation sites (tertiary alicyclic amines) is 1. The van der Waals surface area contributed by atoms with Crippen molar-refractivity contribution in [1.29, 1.82) is 0 Å². The van der Waals surface area contributed by atoms with E-state index in [1.54, 1.807) is 4.90 Å². The second kappa shape index (κ2) is 7.13. The number of nitrogens with zero attached hydrogens (tertiary/aromatic N) is 2. The molecule has 2 amide bonds. The number of rotatable bonds is 2. The van der Waals surface area contributed by atoms with Gasteiger partial charge < -0.3 is 10.2 Å². The third-order valence-corrected chi connectivity index (χ3v) is 4.69. The lowest BCUT2D eigenvalue weighted by Crippen LogP contribution is -2.45. The summed E-state index contributed by atoms with van der Waals surface area (Å²) in [4.78, 5) is 29.0. The van der Waals surface area contributed by atoms with Crippen LogP contribution in [0.4, 0.5) is 11.4 Å². The molecule has 2 aliphatic heterocycles. The van der Waals surface area contributed by atoms with Gasteiger partial charge >= 0.3 is 0 Å². The Balaban J connectivity index is 1.81. The quantitative estimate of drug-likeness (QED) is 0.913. The van der Waals surface area contributed by atoms with E-state index in [-0.39, 0.29) is 17.9 Å². The number of hydrogen-bond acceptors (Lipinski definition) is 3. The van der Waals surface area contributed by atoms with Gasteiger partial charge in [0.15, 0.2) is 0 Å². The topological polar surface area (TPSA) is 52.7 Å². The molecule has 2 heterocycles. The van der Waals surface area contributed by atoms with Crippen LogP contribution in [0.5, 0.6) is 0 Å². The van der Waals surface area contributed by atoms with Crippen molar-refractivity contribution >= 4 is 23.2 Å². The molecule has 0 unspecified atom stereocenters. The second-order valence-electron chi connectivity index (χ2n) is 6.57. The molecule has 0 aliphatic carbocycles. The van der Waals surface area contributed by atoms with E-state index in [1.165, 1.54) is 25.7 Å². The number of fused-ring (bicyclic) bond motifs is 1. The van der Waals surface area contributed by atoms with Crippen molar-refractivity contribution in [2.24, 2.45) is 0 Å². The van der Waals surface area contributed by atoms with Gasteiger partial charge in [-0.15, -0.1) is 0 Å². The zero-order chi connectivity index (χ0) is 16.2. The third-order valence-electron chi connectivity index (χ3n) is 4.69. The summed E-state index contributed by atoms with van der Waals surface area (Å²) >= 11 is 0. The molecule has 1 N–H and O–H groups in total. The highest BCUT2D eigenvalue weighted by Crippen LogP contribution is 2.31. The Morgan fingerprint density at radius 1 is 1.17 bits per heavy atom. The second-order valence-corrected chi connectivity index (χ2v) is 6.57. The molecule has 0 saturated carbocycles. The van der Waals surface area contributed by atoms with Gasteiger partial charge in [-0.05, 0) is 45.0 Å². The Labute approximate surface area is 137 Å². The fourth-order valence-corrected chi connectivity index (χ4v) is 3.53. The lowest BCUT2D eigenvalue weighted by Gasteiger charge is -2.30. The molecule has 1 fully saturated rings. The van der Waals surface area contributed by atoms with Crippen molar-refractivity contribution in [3.8, 4) is 0 Å². The van der Waals surface area contributed by atoms with Crippen molar-refractivity contribution in [3.05, 3.63) is 24.3 Å². The van der Waals surface area contributed by atoms with Gasteiger partial charge in [-0.1, -0.05) is 25.0 Å². The molecule has 1 aromatic rings. The summed E-state index contributed by atoms with van der Waals surface area (Å²) < 4.78 is 0. The SMILES string of the molecule is C[C@@H]1CC(=O)Nc2ccccc2N1C(=O)CN1CCCCCC1. The highest BCUT2D eigenvalue weighted by molar-refractivity contribution is 6.04. The summed E-state index contributed by atoms with van der Waals surface area (Å²) in [5, 5.41) is 2.90. The molecule has 124 valence electrons. The Morgan fingerprint density at radius 2 is 1.87 bits per heavy atom. The number of amides is 2. The minimum absolute atomic E-state index is 0.0324. The predicted octanol–water partition coefficient (Wildman–Crippen LogP) is 2.63. The normalized spacial score (nSPS) is 22.7. The number of nitrogens with one attached hydrogen (secondary N) is 1. The number of carbonyl (C=O) groups excluding carboxylic acids is 2. The van der Waals surface area contributed by atoms with Crippen LogP contribution in [0.25, 0.3) is 0 Å². The van der Waals surface area contributed by atoms with Crippen molar-refractivity contribution in [2.75, 3.05) is 29.9 Å². The van der Waals surface area contributed by atoms with Gasteiger partial charge in [0.05, 0.1) is 17.9 Å². The van der Waals surface area contributed by atoms with Crippen molar-refractivity contribution in [2.45, 2.75) is 45.1 Å². The first-order valence-electron chi connectivity index (χ1n) is 8.58. The summed E-state index contributed by atoms with van der Waals surface area (Å²) in [7, 11) is 0. The summed E-state index contributed by atoms with van der Waals surface area (Å²) in [6.07, 6.45) is 5.18. The van der Waals surface area contributed by atoms with Gasteiger partial charge in [0, 0.05) is 12.5 Å². The molecule has 5 heteroatoms. The number of hydrogen-bond donors (Lipinski definition) is 1. The molecular formula is C18H25N3O2. The number of carbonyl (C=O) groups is 2. The molecular weight excluding hydrogens is 290 g/mol. The van der Waals surface area contributed by atoms with Crippen LogP contribution < -0.4 is 10.2 Å². The average molecular weight is 315 g/mol. The maximum absolute atomic E-state index is 13.0. The van der Waals surface area contributed by atoms with Gasteiger partial charge in [-0.25, -0.2) is 0 Å². The van der Waals surface area contributed by atoms with Crippen molar-refractivity contribution < 1.29 is 9.59 Å². The maximum Gasteiger partial charge on any atom is 0.241 e. The Kier molecular flexibility index (Phi) is 4.96. The van der Waals surface area contributed by atoms with Crippen LogP contribution in [0.3, 0.4) is 0 Å². The van der Waals surface area contributed by atoms with E-state index >= 15 is 0 Å². The van der Waals surface area contributed by atoms with Gasteiger partial charge in [-0.2, -0.15) is 0 Å². The molecule has 0 radical (unpaired) electrons. The molecule has 0 aromatic heterocycles. The lowest BCUT2D eigenvalue weighted by atomic mass is 10.1. The minimum Gasteiger partial charge on any atom is -0.324 e. The fraction of sp³-hybridized carbons (Fsp3) is 0.556. The van der Waals surface area contributed by atoms with Gasteiger partial charge in [-0.3, -0.25) is 14.5 Å². The summed E-state index contributed by atoms with van der Waals surface area (Å²) in [6, 6.07) is 7.44. The number of anilines is 2. The third kappa shape index (κ3) is 3.72. The highest BCUT2D eigenvalue weighted by Gasteiger charge is 2.30. The molecule has 2 aliphatic rings. The molecule has 1 aromatic carbocycles. The van der Waals surface area contributed by atoms with Crippen LogP contribution in [-0.4, -0.2) is 42.4 Å². The van der Waals surface area contributed by atoms with Crippen LogP contribution >= 0.6 is 0 Å². The monoisotopic (exact) mass is 315 g/mol. The van der Waals surface area contributed by atoms with E-state index in [4.69, 9.17) is 0 Å². The van der Waals surface area contributed by atoms with E-state index < -0.39 is 0 Å². The van der Waals surface area contributed by atoms with Crippen LogP contribution in [0.2, 0.25) is 0 Å². The first kappa shape index (κ1) is 16.0. The predicted molar refractivity (Wildman–Crippen MR) is 91.5 cm³/mol. The summed E-state index contributed by atoms with van der Waals surface area (Å²) in [6.45, 7) is 4.37. The van der Waals surface area contributed by atoms with E-state index in [2.05, 4.69) is 10.2 Å². The van der Waals surface area contributed by atoms with Crippen LogP contribution in [0, 0.1) is 0 Å². The molecule has 1 saturated heterocycles. The largest absolute Gasteiger partial charge is 0.324 e.